The minimum absolute atomic E-state index is 1.08. The maximum absolute atomic E-state index is 2.40. The number of aryl methyl sites for hydroxylation is 1. The maximum Gasteiger partial charge on any atom is 0.0467 e. The van der Waals surface area contributed by atoms with Crippen molar-refractivity contribution in [1.82, 2.24) is 0 Å². The number of fused-ring (bicyclic) bond motifs is 7. The summed E-state index contributed by atoms with van der Waals surface area (Å²) in [5.74, 6) is 0. The molecule has 2 aliphatic rings. The molecule has 0 radical (unpaired) electrons. The van der Waals surface area contributed by atoms with Gasteiger partial charge in [0.05, 0.1) is 0 Å². The number of nitrogens with zero attached hydrogens (tertiary/aromatic N) is 1. The first-order valence-electron chi connectivity index (χ1n) is 20.7. The van der Waals surface area contributed by atoms with E-state index in [-0.39, 0.29) is 0 Å². The van der Waals surface area contributed by atoms with Crippen LogP contribution >= 0.6 is 0 Å². The maximum atomic E-state index is 2.40. The molecule has 0 atom stereocenters. The van der Waals surface area contributed by atoms with E-state index in [9.17, 15) is 0 Å². The summed E-state index contributed by atoms with van der Waals surface area (Å²) in [4.78, 5) is 2.40. The molecule has 0 unspecified atom stereocenters. The average Bonchev–Trinajstić information content (AvgIpc) is 3.64. The van der Waals surface area contributed by atoms with Crippen molar-refractivity contribution >= 4 is 55.5 Å². The Morgan fingerprint density at radius 2 is 0.898 bits per heavy atom. The predicted molar refractivity (Wildman–Crippen MR) is 252 cm³/mol. The summed E-state index contributed by atoms with van der Waals surface area (Å²) in [6.07, 6.45) is 6.75. The summed E-state index contributed by atoms with van der Waals surface area (Å²) < 4.78 is 0. The van der Waals surface area contributed by atoms with E-state index in [0.29, 0.717) is 0 Å². The van der Waals surface area contributed by atoms with Gasteiger partial charge < -0.3 is 4.90 Å². The zero-order valence-corrected chi connectivity index (χ0v) is 32.6. The molecule has 2 aliphatic carbocycles. The van der Waals surface area contributed by atoms with Crippen LogP contribution < -0.4 is 4.90 Å². The number of hydrogen-bond acceptors (Lipinski definition) is 1. The highest BCUT2D eigenvalue weighted by Crippen LogP contribution is 2.49. The molecule has 0 aliphatic heterocycles. The van der Waals surface area contributed by atoms with Crippen molar-refractivity contribution in [1.29, 1.82) is 0 Å². The Labute approximate surface area is 344 Å². The van der Waals surface area contributed by atoms with Crippen molar-refractivity contribution < 1.29 is 0 Å². The normalized spacial score (nSPS) is 12.5. The molecule has 0 saturated carbocycles. The van der Waals surface area contributed by atoms with Crippen LogP contribution in [0, 0.1) is 0 Å². The lowest BCUT2D eigenvalue weighted by Gasteiger charge is -2.26. The van der Waals surface area contributed by atoms with Crippen LogP contribution in [-0.4, -0.2) is 0 Å². The second kappa shape index (κ2) is 13.6. The highest BCUT2D eigenvalue weighted by atomic mass is 15.1. The van der Waals surface area contributed by atoms with Gasteiger partial charge in [-0.25, -0.2) is 0 Å². The van der Waals surface area contributed by atoms with E-state index in [2.05, 4.69) is 217 Å². The van der Waals surface area contributed by atoms with Crippen LogP contribution in [0.2, 0.25) is 0 Å². The highest BCUT2D eigenvalue weighted by Gasteiger charge is 2.23. The molecule has 0 fully saturated rings. The minimum Gasteiger partial charge on any atom is -0.310 e. The molecule has 0 N–H and O–H groups in total. The summed E-state index contributed by atoms with van der Waals surface area (Å²) in [5, 5.41) is 7.83. The monoisotopic (exact) mass is 749 g/mol. The smallest absolute Gasteiger partial charge is 0.0467 e. The van der Waals surface area contributed by atoms with Crippen molar-refractivity contribution in [2.24, 2.45) is 0 Å². The summed E-state index contributed by atoms with van der Waals surface area (Å²) in [5.41, 5.74) is 18.8. The molecule has 59 heavy (non-hydrogen) atoms. The summed E-state index contributed by atoms with van der Waals surface area (Å²) in [6.45, 7) is 0. The number of anilines is 3. The van der Waals surface area contributed by atoms with E-state index < -0.39 is 0 Å². The average molecular weight is 750 g/mol. The second-order valence-corrected chi connectivity index (χ2v) is 16.0. The molecule has 10 aromatic rings. The van der Waals surface area contributed by atoms with Gasteiger partial charge in [-0.3, -0.25) is 0 Å². The third-order valence-electron chi connectivity index (χ3n) is 12.7. The molecule has 0 heterocycles. The van der Waals surface area contributed by atoms with E-state index in [0.717, 1.165) is 29.9 Å². The Morgan fingerprint density at radius 3 is 1.71 bits per heavy atom. The van der Waals surface area contributed by atoms with E-state index in [4.69, 9.17) is 0 Å². The van der Waals surface area contributed by atoms with E-state index in [1.807, 2.05) is 0 Å². The molecule has 0 saturated heterocycles. The van der Waals surface area contributed by atoms with Gasteiger partial charge in [0, 0.05) is 17.1 Å². The zero-order chi connectivity index (χ0) is 38.9. The van der Waals surface area contributed by atoms with Crippen LogP contribution in [0.25, 0.3) is 94.0 Å². The van der Waals surface area contributed by atoms with E-state index >= 15 is 0 Å². The first-order chi connectivity index (χ1) is 29.2. The van der Waals surface area contributed by atoms with Crippen molar-refractivity contribution in [2.75, 3.05) is 4.90 Å². The molecule has 1 nitrogen and oxygen atoms in total. The quantitative estimate of drug-likeness (QED) is 0.164. The topological polar surface area (TPSA) is 3.24 Å². The molecule has 1 heteroatoms. The van der Waals surface area contributed by atoms with Gasteiger partial charge >= 0.3 is 0 Å². The van der Waals surface area contributed by atoms with Crippen molar-refractivity contribution in [3.8, 4) is 55.6 Å². The predicted octanol–water partition coefficient (Wildman–Crippen LogP) is 16.2. The molecular weight excluding hydrogens is 711 g/mol. The molecule has 0 spiro atoms. The van der Waals surface area contributed by atoms with Gasteiger partial charge in [-0.2, -0.15) is 0 Å². The Hall–Kier alpha value is -7.48. The number of hydrogen-bond donors (Lipinski definition) is 0. The highest BCUT2D eigenvalue weighted by molar-refractivity contribution is 6.18. The van der Waals surface area contributed by atoms with Crippen LogP contribution in [0.5, 0.6) is 0 Å². The van der Waals surface area contributed by atoms with Crippen LogP contribution in [0.1, 0.15) is 17.5 Å². The summed E-state index contributed by atoms with van der Waals surface area (Å²) >= 11 is 0. The van der Waals surface area contributed by atoms with Gasteiger partial charge in [-0.05, 0) is 154 Å². The zero-order valence-electron chi connectivity index (χ0n) is 32.6. The Balaban J connectivity index is 0.968. The fourth-order valence-corrected chi connectivity index (χ4v) is 9.84. The van der Waals surface area contributed by atoms with Crippen molar-refractivity contribution in [3.63, 3.8) is 0 Å². The first kappa shape index (κ1) is 33.6. The van der Waals surface area contributed by atoms with E-state index in [1.54, 1.807) is 0 Å². The molecule has 0 aromatic heterocycles. The third-order valence-corrected chi connectivity index (χ3v) is 12.7. The van der Waals surface area contributed by atoms with Gasteiger partial charge in [-0.15, -0.1) is 0 Å². The third kappa shape index (κ3) is 5.54. The number of benzene rings is 10. The van der Waals surface area contributed by atoms with Crippen LogP contribution in [0.3, 0.4) is 0 Å². The fraction of sp³-hybridized carbons (Fsp3) is 0.0345. The van der Waals surface area contributed by atoms with Gasteiger partial charge in [0.25, 0.3) is 0 Å². The Morgan fingerprint density at radius 1 is 0.339 bits per heavy atom. The Bertz CT molecular complexity index is 3280. The molecule has 276 valence electrons. The van der Waals surface area contributed by atoms with Crippen LogP contribution in [-0.2, 0) is 6.42 Å². The standard InChI is InChI=1S/C58H39N/c1-3-15-48-38(10-1)12-8-19-49(48)40-26-30-45(31-27-40)59(47-14-7-13-43(36-47)44-25-24-42-23-22-39-11-2-4-16-50(39)57(42)37-44)46-32-28-41(29-33-46)51-34-35-56-53-18-6-5-17-52(53)55-21-9-20-54(51)58(55)56/h1-3,5-15,17-37H,4,16H2. The molecule has 10 aromatic carbocycles. The van der Waals surface area contributed by atoms with Gasteiger partial charge in [0.2, 0.25) is 0 Å². The molecular formula is C58H39N. The van der Waals surface area contributed by atoms with Gasteiger partial charge in [-0.1, -0.05) is 170 Å². The van der Waals surface area contributed by atoms with Crippen molar-refractivity contribution in [2.45, 2.75) is 12.8 Å². The van der Waals surface area contributed by atoms with Gasteiger partial charge in [0.15, 0.2) is 0 Å². The molecule has 0 bridgehead atoms. The fourth-order valence-electron chi connectivity index (χ4n) is 9.84. The summed E-state index contributed by atoms with van der Waals surface area (Å²) in [7, 11) is 0. The van der Waals surface area contributed by atoms with Crippen molar-refractivity contribution in [3.05, 3.63) is 217 Å². The lowest BCUT2D eigenvalue weighted by atomic mass is 9.90. The Kier molecular flexibility index (Phi) is 7.74. The second-order valence-electron chi connectivity index (χ2n) is 16.0. The molecule has 0 amide bonds. The lowest BCUT2D eigenvalue weighted by Crippen LogP contribution is -2.10. The van der Waals surface area contributed by atoms with Crippen LogP contribution in [0.15, 0.2) is 206 Å². The van der Waals surface area contributed by atoms with E-state index in [1.165, 1.54) is 99.1 Å². The minimum atomic E-state index is 1.08. The molecule has 12 rings (SSSR count). The largest absolute Gasteiger partial charge is 0.310 e. The number of rotatable bonds is 6. The lowest BCUT2D eigenvalue weighted by molar-refractivity contribution is 0.997. The van der Waals surface area contributed by atoms with Crippen LogP contribution in [0.4, 0.5) is 17.1 Å². The summed E-state index contributed by atoms with van der Waals surface area (Å²) in [6, 6.07) is 74.2. The first-order valence-corrected chi connectivity index (χ1v) is 20.7. The van der Waals surface area contributed by atoms with Gasteiger partial charge in [0.1, 0.15) is 0 Å². The SMILES string of the molecule is C1=Cc2ccc3ccc(-c4cccc(N(c5ccc(-c6cccc7ccccc67)cc5)c5ccc(-c6ccc7c8c(cccc68)-c6ccccc6-7)cc5)c4)cc3c2CC1. The number of allylic oxidation sites excluding steroid dienone is 1.